The van der Waals surface area contributed by atoms with Crippen LogP contribution in [0, 0.1) is 0 Å². The molecule has 5 N–H and O–H groups in total. The SMILES string of the molecule is CC(=O)Nc1ccc(-c2nc3c(C(=O)NC4CCC(N)CC4)cccn3c2NC2CCCCC2)cc1. The highest BCUT2D eigenvalue weighted by Gasteiger charge is 2.25. The first-order valence-electron chi connectivity index (χ1n) is 13.2. The minimum Gasteiger partial charge on any atom is -0.367 e. The van der Waals surface area contributed by atoms with E-state index in [0.29, 0.717) is 17.3 Å². The molecule has 2 fully saturated rings. The van der Waals surface area contributed by atoms with E-state index in [4.69, 9.17) is 10.7 Å². The Hall–Kier alpha value is -3.39. The van der Waals surface area contributed by atoms with Crippen molar-refractivity contribution in [3.8, 4) is 11.3 Å². The van der Waals surface area contributed by atoms with E-state index < -0.39 is 0 Å². The molecule has 0 bridgehead atoms. The van der Waals surface area contributed by atoms with Crippen LogP contribution in [0.3, 0.4) is 0 Å². The van der Waals surface area contributed by atoms with Crippen LogP contribution in [-0.4, -0.2) is 39.3 Å². The Kier molecular flexibility index (Phi) is 7.23. The van der Waals surface area contributed by atoms with Crippen molar-refractivity contribution in [2.45, 2.75) is 82.8 Å². The molecule has 0 unspecified atom stereocenters. The molecule has 0 aliphatic heterocycles. The number of hydrogen-bond donors (Lipinski definition) is 4. The van der Waals surface area contributed by atoms with Gasteiger partial charge in [-0.2, -0.15) is 0 Å². The average Bonchev–Trinajstić information content (AvgIpc) is 3.24. The summed E-state index contributed by atoms with van der Waals surface area (Å²) in [6, 6.07) is 12.2. The number of anilines is 2. The van der Waals surface area contributed by atoms with Gasteiger partial charge in [0.15, 0.2) is 5.65 Å². The molecule has 3 aromatic rings. The molecule has 2 amide bonds. The molecule has 2 heterocycles. The highest BCUT2D eigenvalue weighted by molar-refractivity contribution is 6.01. The van der Waals surface area contributed by atoms with Gasteiger partial charge < -0.3 is 21.7 Å². The number of amides is 2. The molecule has 2 aliphatic rings. The fraction of sp³-hybridized carbons (Fsp3) is 0.464. The van der Waals surface area contributed by atoms with Crippen molar-refractivity contribution in [2.75, 3.05) is 10.6 Å². The van der Waals surface area contributed by atoms with Crippen LogP contribution < -0.4 is 21.7 Å². The van der Waals surface area contributed by atoms with Crippen molar-refractivity contribution in [1.29, 1.82) is 0 Å². The van der Waals surface area contributed by atoms with E-state index in [0.717, 1.165) is 61.3 Å². The lowest BCUT2D eigenvalue weighted by molar-refractivity contribution is -0.114. The van der Waals surface area contributed by atoms with Crippen LogP contribution in [0.1, 0.15) is 75.1 Å². The molecule has 8 nitrogen and oxygen atoms in total. The molecule has 36 heavy (non-hydrogen) atoms. The fourth-order valence-electron chi connectivity index (χ4n) is 5.47. The molecule has 0 spiro atoms. The number of benzene rings is 1. The third kappa shape index (κ3) is 5.38. The summed E-state index contributed by atoms with van der Waals surface area (Å²) in [4.78, 5) is 29.8. The maximum absolute atomic E-state index is 13.3. The number of carbonyl (C=O) groups is 2. The van der Waals surface area contributed by atoms with E-state index in [2.05, 4.69) is 16.0 Å². The second-order valence-corrected chi connectivity index (χ2v) is 10.2. The summed E-state index contributed by atoms with van der Waals surface area (Å²) in [6.07, 6.45) is 11.6. The van der Waals surface area contributed by atoms with Crippen molar-refractivity contribution in [1.82, 2.24) is 14.7 Å². The Morgan fingerprint density at radius 3 is 2.36 bits per heavy atom. The van der Waals surface area contributed by atoms with Crippen LogP contribution in [0.25, 0.3) is 16.9 Å². The van der Waals surface area contributed by atoms with Gasteiger partial charge in [0.2, 0.25) is 5.91 Å². The third-order valence-electron chi connectivity index (χ3n) is 7.43. The van der Waals surface area contributed by atoms with Gasteiger partial charge in [0.25, 0.3) is 5.91 Å². The maximum Gasteiger partial charge on any atom is 0.255 e. The van der Waals surface area contributed by atoms with Crippen molar-refractivity contribution >= 4 is 29.0 Å². The number of pyridine rings is 1. The predicted octanol–water partition coefficient (Wildman–Crippen LogP) is 4.70. The zero-order valence-corrected chi connectivity index (χ0v) is 20.9. The Labute approximate surface area is 212 Å². The van der Waals surface area contributed by atoms with E-state index in [1.807, 2.05) is 47.0 Å². The van der Waals surface area contributed by atoms with E-state index in [-0.39, 0.29) is 23.9 Å². The monoisotopic (exact) mass is 488 g/mol. The van der Waals surface area contributed by atoms with Crippen molar-refractivity contribution < 1.29 is 9.59 Å². The van der Waals surface area contributed by atoms with Crippen molar-refractivity contribution in [3.05, 3.63) is 48.2 Å². The molecule has 8 heteroatoms. The second-order valence-electron chi connectivity index (χ2n) is 10.2. The first-order valence-corrected chi connectivity index (χ1v) is 13.2. The van der Waals surface area contributed by atoms with Gasteiger partial charge in [-0.25, -0.2) is 4.98 Å². The van der Waals surface area contributed by atoms with Gasteiger partial charge in [-0.3, -0.25) is 14.0 Å². The summed E-state index contributed by atoms with van der Waals surface area (Å²) in [5.41, 5.74) is 9.73. The normalized spacial score (nSPS) is 20.7. The van der Waals surface area contributed by atoms with Gasteiger partial charge in [-0.15, -0.1) is 0 Å². The molecule has 2 saturated carbocycles. The van der Waals surface area contributed by atoms with Gasteiger partial charge >= 0.3 is 0 Å². The molecule has 2 aromatic heterocycles. The summed E-state index contributed by atoms with van der Waals surface area (Å²) in [5.74, 6) is 0.705. The number of nitrogens with two attached hydrogens (primary N) is 1. The largest absolute Gasteiger partial charge is 0.367 e. The fourth-order valence-corrected chi connectivity index (χ4v) is 5.47. The quantitative estimate of drug-likeness (QED) is 0.402. The second kappa shape index (κ2) is 10.7. The lowest BCUT2D eigenvalue weighted by Gasteiger charge is -2.26. The molecular weight excluding hydrogens is 452 g/mol. The summed E-state index contributed by atoms with van der Waals surface area (Å²) in [5, 5.41) is 9.79. The zero-order valence-electron chi connectivity index (χ0n) is 20.9. The predicted molar refractivity (Wildman–Crippen MR) is 143 cm³/mol. The molecule has 0 radical (unpaired) electrons. The van der Waals surface area contributed by atoms with Crippen molar-refractivity contribution in [2.24, 2.45) is 5.73 Å². The van der Waals surface area contributed by atoms with E-state index in [1.165, 1.54) is 26.2 Å². The van der Waals surface area contributed by atoms with Gasteiger partial charge in [0.1, 0.15) is 11.5 Å². The molecule has 0 saturated heterocycles. The number of nitrogens with one attached hydrogen (secondary N) is 3. The molecule has 190 valence electrons. The van der Waals surface area contributed by atoms with Gasteiger partial charge in [-0.05, 0) is 62.8 Å². The Morgan fingerprint density at radius 1 is 0.944 bits per heavy atom. The summed E-state index contributed by atoms with van der Waals surface area (Å²) in [6.45, 7) is 1.50. The van der Waals surface area contributed by atoms with E-state index in [1.54, 1.807) is 0 Å². The first-order chi connectivity index (χ1) is 17.5. The summed E-state index contributed by atoms with van der Waals surface area (Å²) < 4.78 is 2.01. The Bertz CT molecular complexity index is 1220. The average molecular weight is 489 g/mol. The lowest BCUT2D eigenvalue weighted by atomic mass is 9.91. The van der Waals surface area contributed by atoms with Gasteiger partial charge in [-0.1, -0.05) is 31.4 Å². The molecular formula is C28H36N6O2. The zero-order chi connectivity index (χ0) is 25.1. The number of hydrogen-bond acceptors (Lipinski definition) is 5. The van der Waals surface area contributed by atoms with Crippen molar-refractivity contribution in [3.63, 3.8) is 0 Å². The molecule has 0 atom stereocenters. The summed E-state index contributed by atoms with van der Waals surface area (Å²) >= 11 is 0. The number of aromatic nitrogens is 2. The van der Waals surface area contributed by atoms with Crippen LogP contribution in [0.5, 0.6) is 0 Å². The maximum atomic E-state index is 13.3. The third-order valence-corrected chi connectivity index (χ3v) is 7.43. The minimum atomic E-state index is -0.106. The highest BCUT2D eigenvalue weighted by atomic mass is 16.2. The number of fused-ring (bicyclic) bond motifs is 1. The van der Waals surface area contributed by atoms with E-state index >= 15 is 0 Å². The van der Waals surface area contributed by atoms with Gasteiger partial charge in [0, 0.05) is 42.5 Å². The first kappa shape index (κ1) is 24.3. The Balaban J connectivity index is 1.50. The molecule has 5 rings (SSSR count). The molecule has 2 aliphatic carbocycles. The van der Waals surface area contributed by atoms with E-state index in [9.17, 15) is 9.59 Å². The number of carbonyl (C=O) groups excluding carboxylic acids is 2. The smallest absolute Gasteiger partial charge is 0.255 e. The number of rotatable bonds is 6. The number of imidazole rings is 1. The topological polar surface area (TPSA) is 114 Å². The molecule has 1 aromatic carbocycles. The number of nitrogens with zero attached hydrogens (tertiary/aromatic N) is 2. The minimum absolute atomic E-state index is 0.0946. The van der Waals surface area contributed by atoms with Crippen LogP contribution >= 0.6 is 0 Å². The van der Waals surface area contributed by atoms with Crippen LogP contribution in [0.15, 0.2) is 42.6 Å². The lowest BCUT2D eigenvalue weighted by Crippen LogP contribution is -2.40. The van der Waals surface area contributed by atoms with Crippen LogP contribution in [0.2, 0.25) is 0 Å². The van der Waals surface area contributed by atoms with Crippen LogP contribution in [0.4, 0.5) is 11.5 Å². The van der Waals surface area contributed by atoms with Gasteiger partial charge in [0.05, 0.1) is 5.56 Å². The highest BCUT2D eigenvalue weighted by Crippen LogP contribution is 2.33. The van der Waals surface area contributed by atoms with Crippen LogP contribution in [-0.2, 0) is 4.79 Å². The standard InChI is InChI=1S/C28H36N6O2/c1-18(35)30-22-13-9-19(10-14-22)25-27(31-21-6-3-2-4-7-21)34-17-5-8-24(26(34)33-25)28(36)32-23-15-11-20(29)12-16-23/h5,8-10,13-14,17,20-21,23,31H,2-4,6-7,11-12,15-16,29H2,1H3,(H,30,35)(H,32,36). The summed E-state index contributed by atoms with van der Waals surface area (Å²) in [7, 11) is 0. The Morgan fingerprint density at radius 2 is 1.67 bits per heavy atom.